The fourth-order valence-electron chi connectivity index (χ4n) is 1.95. The molecule has 0 fully saturated rings. The summed E-state index contributed by atoms with van der Waals surface area (Å²) in [5.74, 6) is -0.473. The van der Waals surface area contributed by atoms with Gasteiger partial charge in [-0.15, -0.1) is 0 Å². The maximum absolute atomic E-state index is 13.1. The molecule has 0 aliphatic carbocycles. The van der Waals surface area contributed by atoms with Crippen molar-refractivity contribution in [1.29, 1.82) is 0 Å². The molecule has 0 N–H and O–H groups in total. The van der Waals surface area contributed by atoms with Crippen LogP contribution in [0.15, 0.2) is 42.5 Å². The molecule has 110 valence electrons. The molecule has 0 saturated carbocycles. The smallest absolute Gasteiger partial charge is 0.344 e. The largest absolute Gasteiger partial charge is 0.418 e. The van der Waals surface area contributed by atoms with Crippen LogP contribution >= 0.6 is 0 Å². The van der Waals surface area contributed by atoms with Gasteiger partial charge in [0.05, 0.1) is 11.3 Å². The van der Waals surface area contributed by atoms with Crippen LogP contribution in [-0.4, -0.2) is 13.3 Å². The van der Waals surface area contributed by atoms with Crippen molar-refractivity contribution in [3.63, 3.8) is 0 Å². The molecule has 0 aliphatic heterocycles. The van der Waals surface area contributed by atoms with Crippen molar-refractivity contribution >= 4 is 17.7 Å². The van der Waals surface area contributed by atoms with Crippen LogP contribution in [0, 0.1) is 5.82 Å². The minimum atomic E-state index is -4.59. The molecule has 0 unspecified atom stereocenters. The van der Waals surface area contributed by atoms with E-state index in [9.17, 15) is 22.4 Å². The summed E-state index contributed by atoms with van der Waals surface area (Å²) in [5.41, 5.74) is -0.682. The van der Waals surface area contributed by atoms with E-state index < -0.39 is 17.6 Å². The lowest BCUT2D eigenvalue weighted by Crippen LogP contribution is -2.17. The SMILES string of the molecule is CN(c1ccc(F)cc1)c1ccc(C=O)cc1C(F)(F)F. The quantitative estimate of drug-likeness (QED) is 0.617. The highest BCUT2D eigenvalue weighted by Gasteiger charge is 2.35. The number of aldehydes is 1. The van der Waals surface area contributed by atoms with Crippen LogP contribution in [0.1, 0.15) is 15.9 Å². The molecule has 2 rings (SSSR count). The molecule has 2 aromatic rings. The Labute approximate surface area is 118 Å². The number of hydrogen-bond donors (Lipinski definition) is 0. The molecule has 6 heteroatoms. The third-order valence-corrected chi connectivity index (χ3v) is 3.04. The van der Waals surface area contributed by atoms with Gasteiger partial charge in [-0.25, -0.2) is 4.39 Å². The van der Waals surface area contributed by atoms with Crippen LogP contribution < -0.4 is 4.90 Å². The fraction of sp³-hybridized carbons (Fsp3) is 0.133. The van der Waals surface area contributed by atoms with E-state index in [2.05, 4.69) is 0 Å². The highest BCUT2D eigenvalue weighted by Crippen LogP contribution is 2.38. The first kappa shape index (κ1) is 15.0. The third kappa shape index (κ3) is 3.21. The maximum atomic E-state index is 13.1. The van der Waals surface area contributed by atoms with E-state index in [1.165, 1.54) is 48.3 Å². The van der Waals surface area contributed by atoms with E-state index in [0.717, 1.165) is 6.07 Å². The average Bonchev–Trinajstić information content (AvgIpc) is 2.46. The van der Waals surface area contributed by atoms with Crippen molar-refractivity contribution in [2.75, 3.05) is 11.9 Å². The van der Waals surface area contributed by atoms with E-state index in [0.29, 0.717) is 12.0 Å². The lowest BCUT2D eigenvalue weighted by Gasteiger charge is -2.24. The number of hydrogen-bond acceptors (Lipinski definition) is 2. The zero-order valence-electron chi connectivity index (χ0n) is 11.0. The van der Waals surface area contributed by atoms with E-state index in [4.69, 9.17) is 0 Å². The Hall–Kier alpha value is -2.37. The van der Waals surface area contributed by atoms with Gasteiger partial charge in [0.2, 0.25) is 0 Å². The van der Waals surface area contributed by atoms with Gasteiger partial charge in [-0.3, -0.25) is 4.79 Å². The number of nitrogens with zero attached hydrogens (tertiary/aromatic N) is 1. The Morgan fingerprint density at radius 3 is 2.19 bits per heavy atom. The second kappa shape index (κ2) is 5.55. The zero-order valence-corrected chi connectivity index (χ0v) is 11.0. The number of halogens is 4. The van der Waals surface area contributed by atoms with Crippen LogP contribution in [0.3, 0.4) is 0 Å². The normalized spacial score (nSPS) is 11.3. The molecular formula is C15H11F4NO. The van der Waals surface area contributed by atoms with Crippen LogP contribution in [0.2, 0.25) is 0 Å². The zero-order chi connectivity index (χ0) is 15.6. The van der Waals surface area contributed by atoms with Crippen LogP contribution in [0.4, 0.5) is 28.9 Å². The van der Waals surface area contributed by atoms with Gasteiger partial charge in [-0.1, -0.05) is 0 Å². The van der Waals surface area contributed by atoms with E-state index in [-0.39, 0.29) is 11.3 Å². The topological polar surface area (TPSA) is 20.3 Å². The van der Waals surface area contributed by atoms with Crippen LogP contribution in [-0.2, 0) is 6.18 Å². The summed E-state index contributed by atoms with van der Waals surface area (Å²) in [5, 5.41) is 0. The molecule has 0 radical (unpaired) electrons. The molecule has 2 nitrogen and oxygen atoms in total. The molecule has 0 saturated heterocycles. The average molecular weight is 297 g/mol. The number of carbonyl (C=O) groups is 1. The minimum Gasteiger partial charge on any atom is -0.344 e. The van der Waals surface area contributed by atoms with Gasteiger partial charge in [-0.05, 0) is 42.5 Å². The summed E-state index contributed by atoms with van der Waals surface area (Å²) in [6.07, 6.45) is -4.24. The Balaban J connectivity index is 2.52. The Kier molecular flexibility index (Phi) is 3.97. The fourth-order valence-corrected chi connectivity index (χ4v) is 1.95. The number of anilines is 2. The standard InChI is InChI=1S/C15H11F4NO/c1-20(12-5-3-11(16)4-6-12)14-7-2-10(9-21)8-13(14)15(17,18)19/h2-9H,1H3. The molecule has 0 atom stereocenters. The van der Waals surface area contributed by atoms with Gasteiger partial charge >= 0.3 is 6.18 Å². The molecule has 0 amide bonds. The molecule has 0 bridgehead atoms. The molecule has 0 heterocycles. The predicted molar refractivity (Wildman–Crippen MR) is 71.3 cm³/mol. The van der Waals surface area contributed by atoms with Crippen molar-refractivity contribution in [3.8, 4) is 0 Å². The van der Waals surface area contributed by atoms with E-state index in [1.807, 2.05) is 0 Å². The number of carbonyl (C=O) groups excluding carboxylic acids is 1. The number of benzene rings is 2. The van der Waals surface area contributed by atoms with Gasteiger partial charge in [0.1, 0.15) is 12.1 Å². The molecular weight excluding hydrogens is 286 g/mol. The second-order valence-corrected chi connectivity index (χ2v) is 4.43. The van der Waals surface area contributed by atoms with Gasteiger partial charge in [-0.2, -0.15) is 13.2 Å². The molecule has 0 spiro atoms. The lowest BCUT2D eigenvalue weighted by molar-refractivity contribution is -0.137. The Bertz CT molecular complexity index is 650. The van der Waals surface area contributed by atoms with Gasteiger partial charge < -0.3 is 4.90 Å². The van der Waals surface area contributed by atoms with Crippen LogP contribution in [0.5, 0.6) is 0 Å². The van der Waals surface area contributed by atoms with Crippen LogP contribution in [0.25, 0.3) is 0 Å². The highest BCUT2D eigenvalue weighted by atomic mass is 19.4. The summed E-state index contributed by atoms with van der Waals surface area (Å²) >= 11 is 0. The lowest BCUT2D eigenvalue weighted by atomic mass is 10.1. The summed E-state index contributed by atoms with van der Waals surface area (Å²) in [6.45, 7) is 0. The van der Waals surface area contributed by atoms with Gasteiger partial charge in [0.25, 0.3) is 0 Å². The number of rotatable bonds is 3. The monoisotopic (exact) mass is 297 g/mol. The molecule has 0 aliphatic rings. The van der Waals surface area contributed by atoms with Crippen molar-refractivity contribution in [2.45, 2.75) is 6.18 Å². The Morgan fingerprint density at radius 2 is 1.67 bits per heavy atom. The molecule has 0 aromatic heterocycles. The van der Waals surface area contributed by atoms with E-state index in [1.54, 1.807) is 0 Å². The minimum absolute atomic E-state index is 0.0569. The first-order valence-electron chi connectivity index (χ1n) is 5.98. The summed E-state index contributed by atoms with van der Waals surface area (Å²) < 4.78 is 52.2. The molecule has 21 heavy (non-hydrogen) atoms. The second-order valence-electron chi connectivity index (χ2n) is 4.43. The van der Waals surface area contributed by atoms with Crippen molar-refractivity contribution in [3.05, 3.63) is 59.4 Å². The summed E-state index contributed by atoms with van der Waals surface area (Å²) in [7, 11) is 1.44. The summed E-state index contributed by atoms with van der Waals surface area (Å²) in [6, 6.07) is 8.40. The first-order chi connectivity index (χ1) is 9.82. The summed E-state index contributed by atoms with van der Waals surface area (Å²) in [4.78, 5) is 11.9. The van der Waals surface area contributed by atoms with Gasteiger partial charge in [0.15, 0.2) is 0 Å². The Morgan fingerprint density at radius 1 is 1.05 bits per heavy atom. The maximum Gasteiger partial charge on any atom is 0.418 e. The third-order valence-electron chi connectivity index (χ3n) is 3.04. The van der Waals surface area contributed by atoms with Crippen molar-refractivity contribution < 1.29 is 22.4 Å². The number of alkyl halides is 3. The molecule has 2 aromatic carbocycles. The first-order valence-corrected chi connectivity index (χ1v) is 5.98. The van der Waals surface area contributed by atoms with Gasteiger partial charge in [0, 0.05) is 18.3 Å². The van der Waals surface area contributed by atoms with E-state index >= 15 is 0 Å². The highest BCUT2D eigenvalue weighted by molar-refractivity contribution is 5.78. The van der Waals surface area contributed by atoms with Crippen molar-refractivity contribution in [2.24, 2.45) is 0 Å². The predicted octanol–water partition coefficient (Wildman–Crippen LogP) is 4.42. The van der Waals surface area contributed by atoms with Crippen molar-refractivity contribution in [1.82, 2.24) is 0 Å².